The van der Waals surface area contributed by atoms with Gasteiger partial charge < -0.3 is 4.74 Å². The molecule has 0 spiro atoms. The van der Waals surface area contributed by atoms with Crippen molar-refractivity contribution in [3.05, 3.63) is 34.6 Å². The largest absolute Gasteiger partial charge is 0.417 e. The van der Waals surface area contributed by atoms with Crippen LogP contribution in [-0.2, 0) is 6.18 Å². The van der Waals surface area contributed by atoms with Crippen LogP contribution in [0.1, 0.15) is 11.3 Å². The summed E-state index contributed by atoms with van der Waals surface area (Å²) in [6.45, 7) is 1.54. The van der Waals surface area contributed by atoms with E-state index in [1.807, 2.05) is 0 Å². The van der Waals surface area contributed by atoms with Crippen molar-refractivity contribution >= 4 is 28.6 Å². The highest BCUT2D eigenvalue weighted by Gasteiger charge is 2.31. The molecule has 0 unspecified atom stereocenters. The van der Waals surface area contributed by atoms with E-state index in [0.717, 1.165) is 4.68 Å². The molecule has 0 amide bonds. The normalized spacial score (nSPS) is 11.5. The van der Waals surface area contributed by atoms with Crippen molar-refractivity contribution in [2.24, 2.45) is 0 Å². The van der Waals surface area contributed by atoms with E-state index in [-0.39, 0.29) is 16.8 Å². The average molecular weight is 340 g/mol. The third kappa shape index (κ3) is 3.45. The van der Waals surface area contributed by atoms with Crippen LogP contribution in [-0.4, -0.2) is 20.1 Å². The molecular weight excluding hydrogens is 334 g/mol. The second kappa shape index (κ2) is 5.53. The van der Waals surface area contributed by atoms with Crippen LogP contribution in [0.5, 0.6) is 11.8 Å². The quantitative estimate of drug-likeness (QED) is 0.767. The zero-order valence-electron chi connectivity index (χ0n) is 10.3. The van der Waals surface area contributed by atoms with Crippen molar-refractivity contribution in [3.8, 4) is 11.8 Å². The second-order valence-corrected chi connectivity index (χ2v) is 4.63. The predicted molar refractivity (Wildman–Crippen MR) is 67.9 cm³/mol. The van der Waals surface area contributed by atoms with Gasteiger partial charge in [0.15, 0.2) is 0 Å². The van der Waals surface area contributed by atoms with E-state index in [9.17, 15) is 18.0 Å². The topological polar surface area (TPSA) is 57.0 Å². The molecule has 0 saturated carbocycles. The maximum absolute atomic E-state index is 12.5. The van der Waals surface area contributed by atoms with Gasteiger partial charge in [0.1, 0.15) is 5.02 Å². The number of alkyl halides is 3. The first kappa shape index (κ1) is 15.6. The highest BCUT2D eigenvalue weighted by molar-refractivity contribution is 6.63. The number of hydrogen-bond donors (Lipinski definition) is 0. The number of pyridine rings is 1. The molecule has 0 N–H and O–H groups in total. The zero-order valence-corrected chi connectivity index (χ0v) is 11.8. The summed E-state index contributed by atoms with van der Waals surface area (Å²) < 4.78 is 43.4. The van der Waals surface area contributed by atoms with E-state index < -0.39 is 17.1 Å². The molecule has 0 aliphatic rings. The Morgan fingerprint density at radius 3 is 2.52 bits per heavy atom. The van der Waals surface area contributed by atoms with Gasteiger partial charge in [-0.2, -0.15) is 17.9 Å². The molecule has 0 atom stereocenters. The van der Waals surface area contributed by atoms with E-state index in [2.05, 4.69) is 10.1 Å². The molecular formula is C11H6Cl2F3N3O2. The van der Waals surface area contributed by atoms with Crippen molar-refractivity contribution in [3.63, 3.8) is 0 Å². The number of ether oxygens (including phenoxy) is 1. The molecule has 2 aromatic rings. The molecule has 10 heteroatoms. The van der Waals surface area contributed by atoms with Crippen LogP contribution in [0.3, 0.4) is 0 Å². The lowest BCUT2D eigenvalue weighted by atomic mass is 10.3. The Labute approximate surface area is 126 Å². The number of aromatic nitrogens is 3. The summed E-state index contributed by atoms with van der Waals surface area (Å²) in [5.74, 6) is -0.341. The van der Waals surface area contributed by atoms with Crippen molar-refractivity contribution in [1.82, 2.24) is 14.8 Å². The average Bonchev–Trinajstić information content (AvgIpc) is 2.71. The van der Waals surface area contributed by atoms with Gasteiger partial charge in [-0.3, -0.25) is 4.79 Å². The summed E-state index contributed by atoms with van der Waals surface area (Å²) in [4.78, 5) is 14.5. The second-order valence-electron chi connectivity index (χ2n) is 3.90. The maximum Gasteiger partial charge on any atom is 0.417 e. The molecule has 2 aromatic heterocycles. The Morgan fingerprint density at radius 2 is 2.05 bits per heavy atom. The third-order valence-electron chi connectivity index (χ3n) is 2.37. The molecule has 112 valence electrons. The molecule has 0 saturated heterocycles. The SMILES string of the molecule is Cc1cc(Oc2ncc(C(F)(F)F)cc2Cl)nn1C(=O)Cl. The Bertz CT molecular complexity index is 701. The molecule has 2 rings (SSSR count). The molecule has 0 aromatic carbocycles. The first-order chi connectivity index (χ1) is 9.68. The molecule has 5 nitrogen and oxygen atoms in total. The minimum Gasteiger partial charge on any atom is -0.417 e. The fourth-order valence-electron chi connectivity index (χ4n) is 1.43. The zero-order chi connectivity index (χ0) is 15.8. The van der Waals surface area contributed by atoms with Gasteiger partial charge in [-0.1, -0.05) is 11.6 Å². The van der Waals surface area contributed by atoms with Gasteiger partial charge in [0, 0.05) is 18.0 Å². The summed E-state index contributed by atoms with van der Waals surface area (Å²) in [5, 5.41) is 2.52. The molecule has 0 aliphatic heterocycles. The number of aryl methyl sites for hydroxylation is 1. The monoisotopic (exact) mass is 339 g/mol. The van der Waals surface area contributed by atoms with E-state index >= 15 is 0 Å². The van der Waals surface area contributed by atoms with Crippen molar-refractivity contribution < 1.29 is 22.7 Å². The Kier molecular flexibility index (Phi) is 4.11. The third-order valence-corrected chi connectivity index (χ3v) is 2.80. The summed E-state index contributed by atoms with van der Waals surface area (Å²) in [5.41, 5.74) is -0.620. The standard InChI is InChI=1S/C11H6Cl2F3N3O2/c1-5-2-8(18-19(5)10(13)20)21-9-7(12)3-6(4-17-9)11(14,15)16/h2-4H,1H3. The number of carbonyl (C=O) groups excluding carboxylic acids is 1. The highest BCUT2D eigenvalue weighted by Crippen LogP contribution is 2.34. The summed E-state index contributed by atoms with van der Waals surface area (Å²) in [6, 6.07) is 2.04. The predicted octanol–water partition coefficient (Wildman–Crippen LogP) is 4.26. The summed E-state index contributed by atoms with van der Waals surface area (Å²) in [6.07, 6.45) is -3.98. The first-order valence-electron chi connectivity index (χ1n) is 5.35. The van der Waals surface area contributed by atoms with Gasteiger partial charge in [0.2, 0.25) is 11.8 Å². The number of hydrogen-bond acceptors (Lipinski definition) is 4. The van der Waals surface area contributed by atoms with Crippen molar-refractivity contribution in [2.45, 2.75) is 13.1 Å². The van der Waals surface area contributed by atoms with Gasteiger partial charge >= 0.3 is 11.5 Å². The lowest BCUT2D eigenvalue weighted by molar-refractivity contribution is -0.137. The van der Waals surface area contributed by atoms with Crippen LogP contribution in [0.4, 0.5) is 18.0 Å². The molecule has 0 aliphatic carbocycles. The number of rotatable bonds is 2. The van der Waals surface area contributed by atoms with Crippen LogP contribution in [0.25, 0.3) is 0 Å². The summed E-state index contributed by atoms with van der Waals surface area (Å²) in [7, 11) is 0. The van der Waals surface area contributed by atoms with Crippen LogP contribution in [0.2, 0.25) is 5.02 Å². The number of halogens is 5. The summed E-state index contributed by atoms with van der Waals surface area (Å²) >= 11 is 10.9. The van der Waals surface area contributed by atoms with Crippen molar-refractivity contribution in [2.75, 3.05) is 0 Å². The van der Waals surface area contributed by atoms with Crippen LogP contribution >= 0.6 is 23.2 Å². The Morgan fingerprint density at radius 1 is 1.38 bits per heavy atom. The maximum atomic E-state index is 12.5. The minimum atomic E-state index is -4.56. The van der Waals surface area contributed by atoms with E-state index in [4.69, 9.17) is 27.9 Å². The van der Waals surface area contributed by atoms with E-state index in [1.165, 1.54) is 6.07 Å². The van der Waals surface area contributed by atoms with Crippen LogP contribution < -0.4 is 4.74 Å². The van der Waals surface area contributed by atoms with Gasteiger partial charge in [0.05, 0.1) is 5.56 Å². The minimum absolute atomic E-state index is 0.0735. The lowest BCUT2D eigenvalue weighted by Crippen LogP contribution is -2.06. The molecule has 0 radical (unpaired) electrons. The van der Waals surface area contributed by atoms with E-state index in [1.54, 1.807) is 6.92 Å². The van der Waals surface area contributed by atoms with Gasteiger partial charge in [-0.25, -0.2) is 4.98 Å². The molecule has 2 heterocycles. The lowest BCUT2D eigenvalue weighted by Gasteiger charge is -2.08. The number of nitrogens with zero attached hydrogens (tertiary/aromatic N) is 3. The van der Waals surface area contributed by atoms with Gasteiger partial charge in [0.25, 0.3) is 0 Å². The fraction of sp³-hybridized carbons (Fsp3) is 0.182. The molecule has 0 fully saturated rings. The van der Waals surface area contributed by atoms with Crippen LogP contribution in [0.15, 0.2) is 18.3 Å². The van der Waals surface area contributed by atoms with Crippen LogP contribution in [0, 0.1) is 6.92 Å². The van der Waals surface area contributed by atoms with Gasteiger partial charge in [-0.15, -0.1) is 5.10 Å². The van der Waals surface area contributed by atoms with E-state index in [0.29, 0.717) is 18.0 Å². The fourth-order valence-corrected chi connectivity index (χ4v) is 1.80. The van der Waals surface area contributed by atoms with Crippen molar-refractivity contribution in [1.29, 1.82) is 0 Å². The first-order valence-corrected chi connectivity index (χ1v) is 6.11. The Balaban J connectivity index is 2.28. The van der Waals surface area contributed by atoms with Gasteiger partial charge in [-0.05, 0) is 24.6 Å². The Hall–Kier alpha value is -1.80. The highest BCUT2D eigenvalue weighted by atomic mass is 35.5. The molecule has 0 bridgehead atoms. The number of carbonyl (C=O) groups is 1. The molecule has 21 heavy (non-hydrogen) atoms. The smallest absolute Gasteiger partial charge is 0.417 e.